The second-order valence-corrected chi connectivity index (χ2v) is 5.24. The highest BCUT2D eigenvalue weighted by Crippen LogP contribution is 2.25. The van der Waals surface area contributed by atoms with Gasteiger partial charge in [-0.05, 0) is 12.3 Å². The van der Waals surface area contributed by atoms with E-state index in [0.717, 1.165) is 25.2 Å². The number of carboxylic acids is 1. The van der Waals surface area contributed by atoms with Gasteiger partial charge in [0, 0.05) is 38.4 Å². The average Bonchev–Trinajstić information content (AvgIpc) is 2.82. The predicted octanol–water partition coefficient (Wildman–Crippen LogP) is 1.14. The zero-order valence-corrected chi connectivity index (χ0v) is 11.3. The summed E-state index contributed by atoms with van der Waals surface area (Å²) in [6, 6.07) is 0. The number of carboxylic acid groups (broad SMARTS) is 1. The van der Waals surface area contributed by atoms with Gasteiger partial charge in [-0.3, -0.25) is 14.4 Å². The van der Waals surface area contributed by atoms with Crippen LogP contribution >= 0.6 is 0 Å². The Labute approximate surface area is 107 Å². The average molecular weight is 251 g/mol. The smallest absolute Gasteiger partial charge is 0.308 e. The number of hydrogen-bond donors (Lipinski definition) is 1. The number of hydrogen-bond acceptors (Lipinski definition) is 3. The molecule has 5 heteroatoms. The third-order valence-corrected chi connectivity index (χ3v) is 3.73. The highest BCUT2D eigenvalue weighted by Gasteiger charge is 2.34. The van der Waals surface area contributed by atoms with E-state index in [9.17, 15) is 4.79 Å². The fourth-order valence-electron chi connectivity index (χ4n) is 2.77. The summed E-state index contributed by atoms with van der Waals surface area (Å²) in [7, 11) is 1.93. The summed E-state index contributed by atoms with van der Waals surface area (Å²) in [5.41, 5.74) is 2.34. The fraction of sp³-hybridized carbons (Fsp3) is 0.692. The van der Waals surface area contributed by atoms with Crippen LogP contribution < -0.4 is 0 Å². The lowest BCUT2D eigenvalue weighted by Crippen LogP contribution is -2.23. The van der Waals surface area contributed by atoms with Crippen LogP contribution in [0.5, 0.6) is 0 Å². The molecule has 1 aromatic heterocycles. The van der Waals surface area contributed by atoms with Crippen LogP contribution in [0.15, 0.2) is 6.20 Å². The van der Waals surface area contributed by atoms with Crippen molar-refractivity contribution in [1.29, 1.82) is 0 Å². The summed E-state index contributed by atoms with van der Waals surface area (Å²) in [5.74, 6) is -0.678. The number of aromatic nitrogens is 2. The van der Waals surface area contributed by atoms with Crippen molar-refractivity contribution in [2.75, 3.05) is 13.1 Å². The number of carbonyl (C=O) groups is 1. The van der Waals surface area contributed by atoms with Gasteiger partial charge >= 0.3 is 5.97 Å². The molecular formula is C13H21N3O2. The minimum atomic E-state index is -0.674. The molecule has 1 aromatic rings. The molecule has 1 aliphatic heterocycles. The lowest BCUT2D eigenvalue weighted by Gasteiger charge is -2.14. The van der Waals surface area contributed by atoms with Crippen LogP contribution in [0.2, 0.25) is 0 Å². The maximum atomic E-state index is 11.1. The van der Waals surface area contributed by atoms with E-state index in [1.807, 2.05) is 24.9 Å². The molecule has 100 valence electrons. The summed E-state index contributed by atoms with van der Waals surface area (Å²) in [6.45, 7) is 6.43. The first-order valence-electron chi connectivity index (χ1n) is 6.47. The van der Waals surface area contributed by atoms with Crippen molar-refractivity contribution in [3.05, 3.63) is 17.5 Å². The second kappa shape index (κ2) is 5.10. The van der Waals surface area contributed by atoms with Crippen molar-refractivity contribution >= 4 is 5.97 Å². The lowest BCUT2D eigenvalue weighted by atomic mass is 9.99. The van der Waals surface area contributed by atoms with Gasteiger partial charge in [0.1, 0.15) is 0 Å². The third-order valence-electron chi connectivity index (χ3n) is 3.73. The molecule has 0 aliphatic carbocycles. The Kier molecular flexibility index (Phi) is 3.71. The normalized spacial score (nSPS) is 24.6. The number of aliphatic carboxylic acids is 1. The first-order chi connectivity index (χ1) is 8.51. The molecular weight excluding hydrogens is 230 g/mol. The molecule has 1 N–H and O–H groups in total. The monoisotopic (exact) mass is 251 g/mol. The van der Waals surface area contributed by atoms with E-state index in [0.29, 0.717) is 6.54 Å². The third kappa shape index (κ3) is 2.56. The van der Waals surface area contributed by atoms with E-state index in [4.69, 9.17) is 5.11 Å². The van der Waals surface area contributed by atoms with E-state index in [-0.39, 0.29) is 11.8 Å². The van der Waals surface area contributed by atoms with Gasteiger partial charge in [-0.15, -0.1) is 0 Å². The molecule has 0 amide bonds. The Balaban J connectivity index is 2.04. The van der Waals surface area contributed by atoms with Gasteiger partial charge in [-0.1, -0.05) is 13.8 Å². The molecule has 2 heterocycles. The molecule has 0 radical (unpaired) electrons. The molecule has 0 aromatic carbocycles. The van der Waals surface area contributed by atoms with E-state index in [2.05, 4.69) is 16.9 Å². The maximum Gasteiger partial charge on any atom is 0.308 e. The van der Waals surface area contributed by atoms with Gasteiger partial charge in [0.05, 0.1) is 11.6 Å². The van der Waals surface area contributed by atoms with Crippen molar-refractivity contribution in [2.45, 2.75) is 26.8 Å². The molecule has 1 fully saturated rings. The van der Waals surface area contributed by atoms with Crippen LogP contribution in [-0.4, -0.2) is 38.8 Å². The molecule has 2 rings (SSSR count). The van der Waals surface area contributed by atoms with Crippen molar-refractivity contribution < 1.29 is 9.90 Å². The van der Waals surface area contributed by atoms with E-state index >= 15 is 0 Å². The number of rotatable bonds is 4. The topological polar surface area (TPSA) is 58.4 Å². The Morgan fingerprint density at radius 1 is 1.56 bits per heavy atom. The molecule has 1 saturated heterocycles. The summed E-state index contributed by atoms with van der Waals surface area (Å²) in [5, 5.41) is 13.5. The minimum Gasteiger partial charge on any atom is -0.481 e. The van der Waals surface area contributed by atoms with Crippen molar-refractivity contribution in [1.82, 2.24) is 14.7 Å². The van der Waals surface area contributed by atoms with E-state index in [1.165, 1.54) is 5.56 Å². The summed E-state index contributed by atoms with van der Waals surface area (Å²) >= 11 is 0. The first-order valence-corrected chi connectivity index (χ1v) is 6.47. The highest BCUT2D eigenvalue weighted by molar-refractivity contribution is 5.71. The maximum absolute atomic E-state index is 11.1. The summed E-state index contributed by atoms with van der Waals surface area (Å²) in [6.07, 6.45) is 2.96. The Bertz CT molecular complexity index is 441. The van der Waals surface area contributed by atoms with Gasteiger partial charge in [0.2, 0.25) is 0 Å². The van der Waals surface area contributed by atoms with Gasteiger partial charge in [-0.2, -0.15) is 5.10 Å². The van der Waals surface area contributed by atoms with Crippen molar-refractivity contribution in [3.63, 3.8) is 0 Å². The quantitative estimate of drug-likeness (QED) is 0.871. The summed E-state index contributed by atoms with van der Waals surface area (Å²) in [4.78, 5) is 13.3. The van der Waals surface area contributed by atoms with Crippen LogP contribution in [-0.2, 0) is 24.8 Å². The zero-order chi connectivity index (χ0) is 13.3. The SMILES string of the molecule is CCc1nn(C)cc1CN1CC(C)C(C(=O)O)C1. The first kappa shape index (κ1) is 13.1. The molecule has 0 spiro atoms. The highest BCUT2D eigenvalue weighted by atomic mass is 16.4. The fourth-order valence-corrected chi connectivity index (χ4v) is 2.77. The van der Waals surface area contributed by atoms with Crippen LogP contribution in [0.3, 0.4) is 0 Å². The number of likely N-dealkylation sites (tertiary alicyclic amines) is 1. The van der Waals surface area contributed by atoms with Crippen LogP contribution in [0.25, 0.3) is 0 Å². The van der Waals surface area contributed by atoms with Gasteiger partial charge < -0.3 is 5.11 Å². The van der Waals surface area contributed by atoms with E-state index in [1.54, 1.807) is 0 Å². The Morgan fingerprint density at radius 2 is 2.28 bits per heavy atom. The Hall–Kier alpha value is -1.36. The van der Waals surface area contributed by atoms with Crippen LogP contribution in [0, 0.1) is 11.8 Å². The number of nitrogens with zero attached hydrogens (tertiary/aromatic N) is 3. The summed E-state index contributed by atoms with van der Waals surface area (Å²) < 4.78 is 1.84. The standard InChI is InChI=1S/C13H21N3O2/c1-4-12-10(6-15(3)14-12)7-16-5-9(2)11(8-16)13(17)18/h6,9,11H,4-5,7-8H2,1-3H3,(H,17,18). The van der Waals surface area contributed by atoms with Crippen LogP contribution in [0.4, 0.5) is 0 Å². The van der Waals surface area contributed by atoms with Crippen LogP contribution in [0.1, 0.15) is 25.1 Å². The van der Waals surface area contributed by atoms with Crippen molar-refractivity contribution in [3.8, 4) is 0 Å². The Morgan fingerprint density at radius 3 is 2.83 bits per heavy atom. The van der Waals surface area contributed by atoms with Gasteiger partial charge in [0.25, 0.3) is 0 Å². The second-order valence-electron chi connectivity index (χ2n) is 5.24. The zero-order valence-electron chi connectivity index (χ0n) is 11.3. The molecule has 2 unspecified atom stereocenters. The molecule has 18 heavy (non-hydrogen) atoms. The minimum absolute atomic E-state index is 0.226. The van der Waals surface area contributed by atoms with E-state index < -0.39 is 5.97 Å². The molecule has 0 saturated carbocycles. The lowest BCUT2D eigenvalue weighted by molar-refractivity contribution is -0.142. The van der Waals surface area contributed by atoms with Gasteiger partial charge in [-0.25, -0.2) is 0 Å². The molecule has 2 atom stereocenters. The largest absolute Gasteiger partial charge is 0.481 e. The predicted molar refractivity (Wildman–Crippen MR) is 68.2 cm³/mol. The van der Waals surface area contributed by atoms with Crippen molar-refractivity contribution in [2.24, 2.45) is 18.9 Å². The molecule has 0 bridgehead atoms. The molecule has 5 nitrogen and oxygen atoms in total. The van der Waals surface area contributed by atoms with Gasteiger partial charge in [0.15, 0.2) is 0 Å². The molecule has 1 aliphatic rings. The number of aryl methyl sites for hydroxylation is 2.